The molecule has 0 saturated carbocycles. The van der Waals surface area contributed by atoms with E-state index in [2.05, 4.69) is 29.6 Å². The Balaban J connectivity index is 1.20. The van der Waals surface area contributed by atoms with Crippen LogP contribution in [0.4, 0.5) is 10.5 Å². The number of piperidine rings is 1. The first-order chi connectivity index (χ1) is 15.6. The van der Waals surface area contributed by atoms with Gasteiger partial charge in [-0.25, -0.2) is 4.79 Å². The molecule has 1 saturated heterocycles. The summed E-state index contributed by atoms with van der Waals surface area (Å²) in [5.74, 6) is 0.842. The van der Waals surface area contributed by atoms with Crippen molar-refractivity contribution in [2.24, 2.45) is 5.92 Å². The van der Waals surface area contributed by atoms with Gasteiger partial charge < -0.3 is 15.0 Å². The molecule has 0 aromatic heterocycles. The van der Waals surface area contributed by atoms with Crippen molar-refractivity contribution in [3.63, 3.8) is 0 Å². The molecule has 2 aromatic carbocycles. The third-order valence-corrected chi connectivity index (χ3v) is 6.98. The summed E-state index contributed by atoms with van der Waals surface area (Å²) in [6, 6.07) is 16.2. The normalized spacial score (nSPS) is 23.0. The van der Waals surface area contributed by atoms with Gasteiger partial charge in [-0.05, 0) is 62.3 Å². The van der Waals surface area contributed by atoms with Gasteiger partial charge in [-0.1, -0.05) is 36.4 Å². The number of aryl methyl sites for hydroxylation is 1. The minimum Gasteiger partial charge on any atom is -0.487 e. The van der Waals surface area contributed by atoms with Crippen molar-refractivity contribution >= 4 is 17.6 Å². The van der Waals surface area contributed by atoms with Crippen molar-refractivity contribution < 1.29 is 14.3 Å². The molecule has 5 rings (SSSR count). The molecule has 2 atom stereocenters. The number of nitrogens with one attached hydrogen (secondary N) is 1. The van der Waals surface area contributed by atoms with E-state index in [0.717, 1.165) is 30.7 Å². The van der Waals surface area contributed by atoms with Gasteiger partial charge in [0.2, 0.25) is 5.91 Å². The highest BCUT2D eigenvalue weighted by Crippen LogP contribution is 2.34. The molecule has 1 aliphatic carbocycles. The van der Waals surface area contributed by atoms with Crippen molar-refractivity contribution in [1.29, 1.82) is 0 Å². The topological polar surface area (TPSA) is 61.9 Å². The number of anilines is 1. The average Bonchev–Trinajstić information content (AvgIpc) is 2.83. The van der Waals surface area contributed by atoms with Crippen LogP contribution in [0.5, 0.6) is 5.75 Å². The fourth-order valence-electron chi connectivity index (χ4n) is 5.27. The van der Waals surface area contributed by atoms with Crippen molar-refractivity contribution in [3.8, 4) is 5.75 Å². The van der Waals surface area contributed by atoms with Gasteiger partial charge in [-0.15, -0.1) is 0 Å². The van der Waals surface area contributed by atoms with Crippen LogP contribution in [0.3, 0.4) is 0 Å². The Morgan fingerprint density at radius 2 is 1.75 bits per heavy atom. The van der Waals surface area contributed by atoms with Gasteiger partial charge in [-0.2, -0.15) is 0 Å². The highest BCUT2D eigenvalue weighted by molar-refractivity contribution is 5.94. The minimum atomic E-state index is -0.0458. The van der Waals surface area contributed by atoms with E-state index in [0.29, 0.717) is 32.5 Å². The lowest BCUT2D eigenvalue weighted by molar-refractivity contribution is -0.127. The van der Waals surface area contributed by atoms with Crippen LogP contribution in [-0.2, 0) is 11.2 Å². The Morgan fingerprint density at radius 1 is 1.00 bits per heavy atom. The van der Waals surface area contributed by atoms with E-state index < -0.39 is 0 Å². The third kappa shape index (κ3) is 4.06. The molecule has 3 aliphatic rings. The molecule has 1 N–H and O–H groups in total. The summed E-state index contributed by atoms with van der Waals surface area (Å²) in [7, 11) is 0. The standard InChI is InChI=1S/C26H31N3O3/c1-18-17-29(23-11-4-5-12-24(23)32-18)26(31)28-15-13-20(14-16-28)25(30)27-22-10-6-8-19-7-2-3-9-21(19)22/h2-5,7,9,11-12,18,20,22H,6,8,10,13-17H2,1H3,(H,27,30). The number of hydrogen-bond donors (Lipinski definition) is 1. The first kappa shape index (κ1) is 20.9. The van der Waals surface area contributed by atoms with Crippen LogP contribution in [0.25, 0.3) is 0 Å². The fraction of sp³-hybridized carbons (Fsp3) is 0.462. The predicted molar refractivity (Wildman–Crippen MR) is 124 cm³/mol. The lowest BCUT2D eigenvalue weighted by Gasteiger charge is -2.39. The molecular weight excluding hydrogens is 402 g/mol. The molecule has 1 fully saturated rings. The fourth-order valence-corrected chi connectivity index (χ4v) is 5.27. The summed E-state index contributed by atoms with van der Waals surface area (Å²) in [4.78, 5) is 30.0. The largest absolute Gasteiger partial charge is 0.487 e. The van der Waals surface area contributed by atoms with Gasteiger partial charge in [0.15, 0.2) is 0 Å². The SMILES string of the molecule is CC1CN(C(=O)N2CCC(C(=O)NC3CCCc4ccccc43)CC2)c2ccccc2O1. The number of fused-ring (bicyclic) bond motifs is 2. The Hall–Kier alpha value is -3.02. The zero-order chi connectivity index (χ0) is 22.1. The molecule has 32 heavy (non-hydrogen) atoms. The van der Waals surface area contributed by atoms with Crippen LogP contribution in [0, 0.1) is 5.92 Å². The van der Waals surface area contributed by atoms with E-state index in [9.17, 15) is 9.59 Å². The van der Waals surface area contributed by atoms with Crippen molar-refractivity contribution in [1.82, 2.24) is 10.2 Å². The van der Waals surface area contributed by atoms with Crippen LogP contribution >= 0.6 is 0 Å². The number of carbonyl (C=O) groups is 2. The van der Waals surface area contributed by atoms with Crippen molar-refractivity contribution in [2.45, 2.75) is 51.2 Å². The van der Waals surface area contributed by atoms with Crippen LogP contribution in [0.2, 0.25) is 0 Å². The quantitative estimate of drug-likeness (QED) is 0.768. The number of amides is 3. The first-order valence-corrected chi connectivity index (χ1v) is 11.8. The summed E-state index contributed by atoms with van der Waals surface area (Å²) in [6.45, 7) is 3.73. The Bertz CT molecular complexity index is 999. The molecule has 3 amide bonds. The number of likely N-dealkylation sites (tertiary alicyclic amines) is 1. The summed E-state index contributed by atoms with van der Waals surface area (Å²) in [5.41, 5.74) is 3.44. The molecule has 2 aromatic rings. The van der Waals surface area contributed by atoms with Crippen molar-refractivity contribution in [3.05, 3.63) is 59.7 Å². The lowest BCUT2D eigenvalue weighted by atomic mass is 9.87. The van der Waals surface area contributed by atoms with Gasteiger partial charge in [0, 0.05) is 19.0 Å². The van der Waals surface area contributed by atoms with Gasteiger partial charge in [-0.3, -0.25) is 9.69 Å². The number of urea groups is 1. The predicted octanol–water partition coefficient (Wildman–Crippen LogP) is 4.30. The monoisotopic (exact) mass is 433 g/mol. The highest BCUT2D eigenvalue weighted by atomic mass is 16.5. The summed E-state index contributed by atoms with van der Waals surface area (Å²) < 4.78 is 5.88. The summed E-state index contributed by atoms with van der Waals surface area (Å²) in [6.07, 6.45) is 4.55. The third-order valence-electron chi connectivity index (χ3n) is 6.98. The molecule has 168 valence electrons. The number of hydrogen-bond acceptors (Lipinski definition) is 3. The van der Waals surface area contributed by atoms with Crippen molar-refractivity contribution in [2.75, 3.05) is 24.5 Å². The minimum absolute atomic E-state index is 0.00710. The van der Waals surface area contributed by atoms with Gasteiger partial charge in [0.25, 0.3) is 0 Å². The Kier molecular flexibility index (Phi) is 5.77. The number of para-hydroxylation sites is 2. The second kappa shape index (κ2) is 8.85. The number of benzene rings is 2. The van der Waals surface area contributed by atoms with E-state index in [-0.39, 0.29) is 30.0 Å². The van der Waals surface area contributed by atoms with E-state index in [1.54, 1.807) is 0 Å². The van der Waals surface area contributed by atoms with Gasteiger partial charge in [0.05, 0.1) is 18.3 Å². The first-order valence-electron chi connectivity index (χ1n) is 11.8. The number of carbonyl (C=O) groups excluding carboxylic acids is 2. The molecule has 2 unspecified atom stereocenters. The number of rotatable bonds is 2. The second-order valence-electron chi connectivity index (χ2n) is 9.20. The molecular formula is C26H31N3O3. The molecule has 0 radical (unpaired) electrons. The van der Waals surface area contributed by atoms with Gasteiger partial charge in [0.1, 0.15) is 11.9 Å². The zero-order valence-electron chi connectivity index (χ0n) is 18.6. The van der Waals surface area contributed by atoms with E-state index in [1.807, 2.05) is 41.0 Å². The smallest absolute Gasteiger partial charge is 0.324 e. The molecule has 2 heterocycles. The molecule has 0 bridgehead atoms. The van der Waals surface area contributed by atoms with Gasteiger partial charge >= 0.3 is 6.03 Å². The van der Waals surface area contributed by atoms with E-state index in [1.165, 1.54) is 11.1 Å². The Morgan fingerprint density at radius 3 is 2.59 bits per heavy atom. The van der Waals surface area contributed by atoms with E-state index >= 15 is 0 Å². The number of ether oxygens (including phenoxy) is 1. The lowest BCUT2D eigenvalue weighted by Crippen LogP contribution is -2.52. The highest BCUT2D eigenvalue weighted by Gasteiger charge is 2.34. The van der Waals surface area contributed by atoms with Crippen LogP contribution in [0.1, 0.15) is 49.8 Å². The summed E-state index contributed by atoms with van der Waals surface area (Å²) >= 11 is 0. The van der Waals surface area contributed by atoms with E-state index in [4.69, 9.17) is 4.74 Å². The van der Waals surface area contributed by atoms with Crippen LogP contribution < -0.4 is 15.0 Å². The maximum absolute atomic E-state index is 13.3. The molecule has 6 heteroatoms. The molecule has 6 nitrogen and oxygen atoms in total. The summed E-state index contributed by atoms with van der Waals surface area (Å²) in [5, 5.41) is 3.30. The number of nitrogens with zero attached hydrogens (tertiary/aromatic N) is 2. The second-order valence-corrected chi connectivity index (χ2v) is 9.20. The van der Waals surface area contributed by atoms with Crippen LogP contribution in [0.15, 0.2) is 48.5 Å². The Labute approximate surface area is 189 Å². The average molecular weight is 434 g/mol. The molecule has 0 spiro atoms. The van der Waals surface area contributed by atoms with Crippen LogP contribution in [-0.4, -0.2) is 42.6 Å². The zero-order valence-corrected chi connectivity index (χ0v) is 18.6. The molecule has 2 aliphatic heterocycles. The maximum Gasteiger partial charge on any atom is 0.324 e. The maximum atomic E-state index is 13.3.